The minimum absolute atomic E-state index is 0.00784. The Morgan fingerprint density at radius 1 is 1.47 bits per heavy atom. The first-order valence-corrected chi connectivity index (χ1v) is 6.34. The van der Waals surface area contributed by atoms with Crippen molar-refractivity contribution in [3.05, 3.63) is 23.7 Å². The maximum absolute atomic E-state index is 11.5. The van der Waals surface area contributed by atoms with E-state index in [-0.39, 0.29) is 29.6 Å². The van der Waals surface area contributed by atoms with Crippen LogP contribution in [0.15, 0.2) is 16.5 Å². The Morgan fingerprint density at radius 3 is 2.71 bits per heavy atom. The number of ether oxygens (including phenoxy) is 1. The Labute approximate surface area is 100 Å². The summed E-state index contributed by atoms with van der Waals surface area (Å²) >= 11 is 0. The molecule has 0 aromatic carbocycles. The van der Waals surface area contributed by atoms with Crippen molar-refractivity contribution in [2.24, 2.45) is 0 Å². The molecule has 6 nitrogen and oxygen atoms in total. The van der Waals surface area contributed by atoms with Crippen molar-refractivity contribution in [3.63, 3.8) is 0 Å². The highest BCUT2D eigenvalue weighted by molar-refractivity contribution is 7.84. The van der Waals surface area contributed by atoms with Crippen molar-refractivity contribution < 1.29 is 28.1 Å². The highest BCUT2D eigenvalue weighted by Crippen LogP contribution is 2.10. The van der Waals surface area contributed by atoms with Crippen molar-refractivity contribution >= 4 is 22.7 Å². The summed E-state index contributed by atoms with van der Waals surface area (Å²) < 4.78 is 21.0. The molecule has 7 heteroatoms. The average molecular weight is 260 g/mol. The highest BCUT2D eigenvalue weighted by Gasteiger charge is 2.13. The largest absolute Gasteiger partial charge is 0.475 e. The van der Waals surface area contributed by atoms with E-state index in [0.717, 1.165) is 0 Å². The number of carbonyl (C=O) groups is 2. The zero-order chi connectivity index (χ0) is 12.8. The monoisotopic (exact) mass is 260 g/mol. The minimum Gasteiger partial charge on any atom is -0.475 e. The first kappa shape index (κ1) is 13.4. The fourth-order valence-electron chi connectivity index (χ4n) is 1.11. The van der Waals surface area contributed by atoms with Crippen LogP contribution in [0.1, 0.15) is 23.2 Å². The molecule has 94 valence electrons. The van der Waals surface area contributed by atoms with E-state index in [1.54, 1.807) is 6.92 Å². The van der Waals surface area contributed by atoms with Gasteiger partial charge in [0, 0.05) is 10.8 Å². The van der Waals surface area contributed by atoms with Gasteiger partial charge in [-0.1, -0.05) is 0 Å². The van der Waals surface area contributed by atoms with Gasteiger partial charge in [0.05, 0.1) is 12.4 Å². The third kappa shape index (κ3) is 4.39. The van der Waals surface area contributed by atoms with Crippen LogP contribution >= 0.6 is 0 Å². The molecule has 1 heterocycles. The molecular formula is C10H12O6S. The van der Waals surface area contributed by atoms with Gasteiger partial charge in [-0.2, -0.15) is 0 Å². The van der Waals surface area contributed by atoms with Gasteiger partial charge in [0.1, 0.15) is 11.5 Å². The van der Waals surface area contributed by atoms with Crippen molar-refractivity contribution in [3.8, 4) is 0 Å². The number of hydrogen-bond acceptors (Lipinski definition) is 5. The summed E-state index contributed by atoms with van der Waals surface area (Å²) in [6, 6.07) is 2.70. The van der Waals surface area contributed by atoms with Crippen LogP contribution in [0.4, 0.5) is 0 Å². The predicted octanol–water partition coefficient (Wildman–Crippen LogP) is 0.790. The smallest absolute Gasteiger partial charge is 0.371 e. The lowest BCUT2D eigenvalue weighted by atomic mass is 10.4. The van der Waals surface area contributed by atoms with Crippen LogP contribution in [0.3, 0.4) is 0 Å². The molecule has 1 rings (SSSR count). The summed E-state index contributed by atoms with van der Waals surface area (Å²) in [5, 5.41) is 8.60. The van der Waals surface area contributed by atoms with Gasteiger partial charge in [-0.3, -0.25) is 9.00 Å². The Hall–Kier alpha value is -1.63. The van der Waals surface area contributed by atoms with Crippen LogP contribution < -0.4 is 0 Å². The molecule has 0 fully saturated rings. The fourth-order valence-corrected chi connectivity index (χ4v) is 2.04. The van der Waals surface area contributed by atoms with Gasteiger partial charge in [0.2, 0.25) is 5.76 Å². The average Bonchev–Trinajstić information content (AvgIpc) is 2.66. The molecule has 1 aromatic heterocycles. The minimum atomic E-state index is -1.46. The van der Waals surface area contributed by atoms with Crippen molar-refractivity contribution in [1.29, 1.82) is 0 Å². The van der Waals surface area contributed by atoms with E-state index in [9.17, 15) is 13.8 Å². The van der Waals surface area contributed by atoms with E-state index in [4.69, 9.17) is 9.52 Å². The molecule has 0 saturated heterocycles. The summed E-state index contributed by atoms with van der Waals surface area (Å²) in [7, 11) is -1.46. The molecule has 1 unspecified atom stereocenters. The maximum Gasteiger partial charge on any atom is 0.371 e. The molecule has 0 aliphatic heterocycles. The van der Waals surface area contributed by atoms with Gasteiger partial charge >= 0.3 is 11.9 Å². The second kappa shape index (κ2) is 6.19. The van der Waals surface area contributed by atoms with E-state index in [1.807, 2.05) is 0 Å². The van der Waals surface area contributed by atoms with Crippen molar-refractivity contribution in [1.82, 2.24) is 0 Å². The summed E-state index contributed by atoms with van der Waals surface area (Å²) in [5.74, 6) is -1.91. The van der Waals surface area contributed by atoms with E-state index in [1.165, 1.54) is 12.1 Å². The molecule has 0 saturated carbocycles. The van der Waals surface area contributed by atoms with Gasteiger partial charge in [-0.15, -0.1) is 0 Å². The summed E-state index contributed by atoms with van der Waals surface area (Å²) in [5.41, 5.74) is 0. The predicted molar refractivity (Wildman–Crippen MR) is 59.0 cm³/mol. The summed E-state index contributed by atoms with van der Waals surface area (Å²) in [6.45, 7) is 1.90. The van der Waals surface area contributed by atoms with Crippen molar-refractivity contribution in [2.75, 3.05) is 12.4 Å². The number of aromatic carboxylic acids is 1. The van der Waals surface area contributed by atoms with E-state index in [0.29, 0.717) is 0 Å². The first-order chi connectivity index (χ1) is 8.02. The lowest BCUT2D eigenvalue weighted by Gasteiger charge is -2.00. The number of rotatable bonds is 6. The number of carboxylic acids is 1. The number of hydrogen-bond donors (Lipinski definition) is 1. The van der Waals surface area contributed by atoms with E-state index < -0.39 is 22.7 Å². The van der Waals surface area contributed by atoms with E-state index in [2.05, 4.69) is 4.74 Å². The molecule has 0 radical (unpaired) electrons. The lowest BCUT2D eigenvalue weighted by Crippen LogP contribution is -2.14. The first-order valence-electron chi connectivity index (χ1n) is 4.85. The lowest BCUT2D eigenvalue weighted by molar-refractivity contribution is -0.139. The number of esters is 1. The van der Waals surface area contributed by atoms with E-state index >= 15 is 0 Å². The van der Waals surface area contributed by atoms with Crippen LogP contribution in [0.25, 0.3) is 0 Å². The molecule has 1 N–H and O–H groups in total. The molecule has 0 aliphatic carbocycles. The zero-order valence-electron chi connectivity index (χ0n) is 9.17. The molecular weight excluding hydrogens is 248 g/mol. The molecule has 1 aromatic rings. The third-order valence-corrected chi connectivity index (χ3v) is 2.92. The van der Waals surface area contributed by atoms with Crippen LogP contribution in [0.2, 0.25) is 0 Å². The molecule has 0 aliphatic rings. The van der Waals surface area contributed by atoms with Crippen LogP contribution in [0, 0.1) is 0 Å². The Kier molecular flexibility index (Phi) is 4.89. The van der Waals surface area contributed by atoms with Crippen molar-refractivity contribution in [2.45, 2.75) is 12.7 Å². The Morgan fingerprint density at radius 2 is 2.18 bits per heavy atom. The SMILES string of the molecule is CCOC(=O)CS(=O)Cc1ccc(C(=O)O)o1. The van der Waals surface area contributed by atoms with Gasteiger partial charge < -0.3 is 14.3 Å². The molecule has 0 amide bonds. The van der Waals surface area contributed by atoms with Crippen LogP contribution in [-0.2, 0) is 26.1 Å². The van der Waals surface area contributed by atoms with Gasteiger partial charge in [-0.25, -0.2) is 4.79 Å². The zero-order valence-corrected chi connectivity index (χ0v) is 9.99. The number of furan rings is 1. The normalized spacial score (nSPS) is 12.1. The molecule has 17 heavy (non-hydrogen) atoms. The number of carboxylic acid groups (broad SMARTS) is 1. The van der Waals surface area contributed by atoms with Gasteiger partial charge in [0.15, 0.2) is 0 Å². The van der Waals surface area contributed by atoms with Crippen LogP contribution in [0.5, 0.6) is 0 Å². The topological polar surface area (TPSA) is 93.8 Å². The summed E-state index contributed by atoms with van der Waals surface area (Å²) in [6.07, 6.45) is 0. The summed E-state index contributed by atoms with van der Waals surface area (Å²) in [4.78, 5) is 21.5. The molecule has 0 spiro atoms. The quantitative estimate of drug-likeness (QED) is 0.760. The number of carbonyl (C=O) groups excluding carboxylic acids is 1. The maximum atomic E-state index is 11.5. The van der Waals surface area contributed by atoms with Gasteiger partial charge in [0.25, 0.3) is 0 Å². The molecule has 1 atom stereocenters. The fraction of sp³-hybridized carbons (Fsp3) is 0.400. The molecule has 0 bridgehead atoms. The Balaban J connectivity index is 2.50. The van der Waals surface area contributed by atoms with Gasteiger partial charge in [-0.05, 0) is 19.1 Å². The van der Waals surface area contributed by atoms with Crippen LogP contribution in [-0.4, -0.2) is 33.6 Å². The third-order valence-electron chi connectivity index (χ3n) is 1.76. The standard InChI is InChI=1S/C10H12O6S/c1-2-15-9(11)6-17(14)5-7-3-4-8(16-7)10(12)13/h3-4H,2,5-6H2,1H3,(H,12,13). The second-order valence-electron chi connectivity index (χ2n) is 3.10. The second-order valence-corrected chi connectivity index (χ2v) is 4.56. The Bertz CT molecular complexity index is 436. The highest BCUT2D eigenvalue weighted by atomic mass is 32.2.